The highest BCUT2D eigenvalue weighted by atomic mass is 79.9. The molecule has 9 heteroatoms. The quantitative estimate of drug-likeness (QED) is 0.279. The van der Waals surface area contributed by atoms with Gasteiger partial charge in [-0.05, 0) is 26.2 Å². The van der Waals surface area contributed by atoms with Crippen LogP contribution in [0.5, 0.6) is 0 Å². The largest absolute Gasteiger partial charge is 0.394 e. The Morgan fingerprint density at radius 2 is 1.83 bits per heavy atom. The van der Waals surface area contributed by atoms with Gasteiger partial charge in [0.05, 0.1) is 30.6 Å². The molecule has 0 saturated carbocycles. The van der Waals surface area contributed by atoms with Crippen molar-refractivity contribution in [2.45, 2.75) is 75.1 Å². The normalized spacial score (nSPS) is 31.9. The first-order valence-electron chi connectivity index (χ1n) is 12.8. The molecule has 3 aliphatic rings. The number of hydrogen-bond donors (Lipinski definition) is 1. The van der Waals surface area contributed by atoms with Gasteiger partial charge in [-0.2, -0.15) is 0 Å². The number of rotatable bonds is 13. The van der Waals surface area contributed by atoms with Crippen molar-refractivity contribution >= 4 is 33.7 Å². The number of amides is 3. The average Bonchev–Trinajstić information content (AvgIpc) is 3.43. The Balaban J connectivity index is 2.07. The van der Waals surface area contributed by atoms with E-state index in [0.29, 0.717) is 32.6 Å². The molecule has 1 N–H and O–H groups in total. The van der Waals surface area contributed by atoms with Crippen molar-refractivity contribution in [2.24, 2.45) is 11.8 Å². The minimum absolute atomic E-state index is 0.139. The predicted molar refractivity (Wildman–Crippen MR) is 138 cm³/mol. The van der Waals surface area contributed by atoms with Crippen molar-refractivity contribution in [3.63, 3.8) is 0 Å². The van der Waals surface area contributed by atoms with Crippen molar-refractivity contribution in [2.75, 3.05) is 32.8 Å². The Labute approximate surface area is 217 Å². The van der Waals surface area contributed by atoms with Crippen LogP contribution in [0.2, 0.25) is 0 Å². The van der Waals surface area contributed by atoms with E-state index >= 15 is 0 Å². The fraction of sp³-hybridized carbons (Fsp3) is 0.731. The molecule has 35 heavy (non-hydrogen) atoms. The third-order valence-corrected chi connectivity index (χ3v) is 8.43. The van der Waals surface area contributed by atoms with Crippen LogP contribution < -0.4 is 0 Å². The zero-order chi connectivity index (χ0) is 25.9. The number of ether oxygens (including phenoxy) is 1. The number of hydrogen-bond acceptors (Lipinski definition) is 5. The van der Waals surface area contributed by atoms with Crippen LogP contribution in [0.1, 0.15) is 46.5 Å². The molecule has 0 aromatic carbocycles. The van der Waals surface area contributed by atoms with Gasteiger partial charge in [-0.15, -0.1) is 13.2 Å². The molecule has 3 rings (SSSR count). The smallest absolute Gasteiger partial charge is 0.248 e. The van der Waals surface area contributed by atoms with Crippen LogP contribution in [-0.2, 0) is 19.1 Å². The number of aliphatic hydroxyl groups excluding tert-OH is 1. The summed E-state index contributed by atoms with van der Waals surface area (Å²) in [5, 5.41) is 10.0. The number of fused-ring (bicyclic) bond motifs is 1. The first-order valence-corrected chi connectivity index (χ1v) is 13.7. The standard InChI is InChI=1S/C26H40BrN3O5/c1-6-10-14-29(13-9-4)25(34)22-26-15-18(27)21(35-26)19(23(32)28(11-7-2)12-8-3)20(26)24(33)30(22)17(5)16-31/h7,9,17-22,31H,2,4,6,8,10-16H2,1,3,5H3/t17-,18?,19-,20+,21-,22?,26?/m1/s1. The van der Waals surface area contributed by atoms with E-state index in [2.05, 4.69) is 36.0 Å². The zero-order valence-electron chi connectivity index (χ0n) is 21.2. The lowest BCUT2D eigenvalue weighted by Gasteiger charge is -2.38. The molecule has 3 unspecified atom stereocenters. The van der Waals surface area contributed by atoms with E-state index in [1.165, 1.54) is 4.90 Å². The predicted octanol–water partition coefficient (Wildman–Crippen LogP) is 2.35. The lowest BCUT2D eigenvalue weighted by atomic mass is 9.70. The number of aliphatic hydroxyl groups is 1. The summed E-state index contributed by atoms with van der Waals surface area (Å²) in [6, 6.07) is -1.49. The average molecular weight is 555 g/mol. The van der Waals surface area contributed by atoms with Crippen LogP contribution >= 0.6 is 15.9 Å². The summed E-state index contributed by atoms with van der Waals surface area (Å²) < 4.78 is 6.56. The molecule has 1 spiro atoms. The Morgan fingerprint density at radius 1 is 1.20 bits per heavy atom. The Hall–Kier alpha value is -1.71. The van der Waals surface area contributed by atoms with Crippen molar-refractivity contribution < 1.29 is 24.2 Å². The molecule has 3 heterocycles. The second-order valence-electron chi connectivity index (χ2n) is 9.94. The molecular weight excluding hydrogens is 514 g/mol. The molecular formula is C26H40BrN3O5. The minimum atomic E-state index is -1.12. The van der Waals surface area contributed by atoms with E-state index in [0.717, 1.165) is 19.3 Å². The second-order valence-corrected chi connectivity index (χ2v) is 11.1. The maximum atomic E-state index is 14.1. The number of likely N-dealkylation sites (tertiary alicyclic amines) is 1. The van der Waals surface area contributed by atoms with E-state index in [1.807, 2.05) is 6.92 Å². The molecule has 0 radical (unpaired) electrons. The number of carbonyl (C=O) groups excluding carboxylic acids is 3. The molecule has 0 aromatic heterocycles. The van der Waals surface area contributed by atoms with Gasteiger partial charge in [0.1, 0.15) is 11.6 Å². The maximum Gasteiger partial charge on any atom is 0.248 e. The summed E-state index contributed by atoms with van der Waals surface area (Å²) in [5.41, 5.74) is -1.12. The monoisotopic (exact) mass is 553 g/mol. The highest BCUT2D eigenvalue weighted by Gasteiger charge is 2.77. The van der Waals surface area contributed by atoms with Crippen molar-refractivity contribution in [1.82, 2.24) is 14.7 Å². The molecule has 3 aliphatic heterocycles. The fourth-order valence-corrected chi connectivity index (χ4v) is 7.03. The van der Waals surface area contributed by atoms with Crippen LogP contribution in [-0.4, -0.2) is 98.9 Å². The summed E-state index contributed by atoms with van der Waals surface area (Å²) in [6.07, 6.45) is 5.85. The summed E-state index contributed by atoms with van der Waals surface area (Å²) in [4.78, 5) is 46.6. The van der Waals surface area contributed by atoms with Crippen molar-refractivity contribution in [3.05, 3.63) is 25.3 Å². The highest BCUT2D eigenvalue weighted by Crippen LogP contribution is 2.60. The molecule has 0 aliphatic carbocycles. The molecule has 196 valence electrons. The molecule has 8 nitrogen and oxygen atoms in total. The van der Waals surface area contributed by atoms with Gasteiger partial charge in [0.2, 0.25) is 17.7 Å². The van der Waals surface area contributed by atoms with Gasteiger partial charge in [0.25, 0.3) is 0 Å². The van der Waals surface area contributed by atoms with Crippen LogP contribution in [0, 0.1) is 11.8 Å². The number of nitrogens with zero attached hydrogens (tertiary/aromatic N) is 3. The minimum Gasteiger partial charge on any atom is -0.394 e. The van der Waals surface area contributed by atoms with Crippen LogP contribution in [0.25, 0.3) is 0 Å². The van der Waals surface area contributed by atoms with E-state index in [4.69, 9.17) is 4.74 Å². The van der Waals surface area contributed by atoms with Gasteiger partial charge in [0, 0.05) is 31.0 Å². The molecule has 3 amide bonds. The first kappa shape index (κ1) is 27.9. The van der Waals surface area contributed by atoms with Gasteiger partial charge in [0.15, 0.2) is 0 Å². The topological polar surface area (TPSA) is 90.4 Å². The lowest BCUT2D eigenvalue weighted by Crippen LogP contribution is -2.58. The van der Waals surface area contributed by atoms with Crippen molar-refractivity contribution in [1.29, 1.82) is 0 Å². The summed E-state index contributed by atoms with van der Waals surface area (Å²) in [5.74, 6) is -2.09. The van der Waals surface area contributed by atoms with Gasteiger partial charge in [-0.3, -0.25) is 14.4 Å². The Kier molecular flexibility index (Phi) is 9.21. The number of unbranched alkanes of at least 4 members (excludes halogenated alkanes) is 1. The van der Waals surface area contributed by atoms with E-state index in [1.54, 1.807) is 28.9 Å². The lowest BCUT2D eigenvalue weighted by molar-refractivity contribution is -0.151. The van der Waals surface area contributed by atoms with Gasteiger partial charge in [-0.25, -0.2) is 0 Å². The molecule has 0 aromatic rings. The van der Waals surface area contributed by atoms with Crippen LogP contribution in [0.15, 0.2) is 25.3 Å². The van der Waals surface area contributed by atoms with Crippen LogP contribution in [0.4, 0.5) is 0 Å². The Bertz CT molecular complexity index is 838. The molecule has 7 atom stereocenters. The second kappa shape index (κ2) is 11.6. The Morgan fingerprint density at radius 3 is 2.37 bits per heavy atom. The van der Waals surface area contributed by atoms with Crippen molar-refractivity contribution in [3.8, 4) is 0 Å². The van der Waals surface area contributed by atoms with E-state index < -0.39 is 35.6 Å². The summed E-state index contributed by atoms with van der Waals surface area (Å²) in [6.45, 7) is 14.9. The molecule has 2 bridgehead atoms. The van der Waals surface area contributed by atoms with Gasteiger partial charge < -0.3 is 24.5 Å². The molecule has 3 fully saturated rings. The highest BCUT2D eigenvalue weighted by molar-refractivity contribution is 9.09. The van der Waals surface area contributed by atoms with Gasteiger partial charge >= 0.3 is 0 Å². The number of carbonyl (C=O) groups is 3. The SMILES string of the molecule is C=CCN(CCCC)C(=O)C1N([C@H](C)CO)C(=O)[C@@H]2[C@@H](C(=O)N(CC=C)CCC)[C@@H]3OC12CC3Br. The maximum absolute atomic E-state index is 14.1. The first-order chi connectivity index (χ1) is 16.7. The summed E-state index contributed by atoms with van der Waals surface area (Å²) >= 11 is 3.71. The zero-order valence-corrected chi connectivity index (χ0v) is 22.8. The van der Waals surface area contributed by atoms with Crippen LogP contribution in [0.3, 0.4) is 0 Å². The number of alkyl halides is 1. The van der Waals surface area contributed by atoms with E-state index in [-0.39, 0.29) is 29.2 Å². The third-order valence-electron chi connectivity index (χ3n) is 7.58. The van der Waals surface area contributed by atoms with E-state index in [9.17, 15) is 19.5 Å². The third kappa shape index (κ3) is 4.71. The molecule has 3 saturated heterocycles. The fourth-order valence-electron chi connectivity index (χ4n) is 6.09. The van der Waals surface area contributed by atoms with Gasteiger partial charge in [-0.1, -0.05) is 48.4 Å². The number of halogens is 1. The summed E-state index contributed by atoms with van der Waals surface area (Å²) in [7, 11) is 0.